The summed E-state index contributed by atoms with van der Waals surface area (Å²) in [6, 6.07) is 10.8. The van der Waals surface area contributed by atoms with Gasteiger partial charge in [0.25, 0.3) is 5.91 Å². The molecule has 0 radical (unpaired) electrons. The van der Waals surface area contributed by atoms with E-state index in [2.05, 4.69) is 15.4 Å². The van der Waals surface area contributed by atoms with Crippen molar-refractivity contribution in [1.29, 1.82) is 0 Å². The van der Waals surface area contributed by atoms with Gasteiger partial charge in [0.05, 0.1) is 34.3 Å². The molecule has 1 amide bonds. The predicted octanol–water partition coefficient (Wildman–Crippen LogP) is 2.92. The maximum atomic E-state index is 13.0. The van der Waals surface area contributed by atoms with Gasteiger partial charge in [-0.15, -0.1) is 0 Å². The van der Waals surface area contributed by atoms with Crippen molar-refractivity contribution < 1.29 is 13.2 Å². The number of fused-ring (bicyclic) bond motifs is 1. The molecule has 1 saturated carbocycles. The van der Waals surface area contributed by atoms with Crippen molar-refractivity contribution in [3.8, 4) is 0 Å². The number of benzene rings is 1. The number of aromatic nitrogens is 3. The van der Waals surface area contributed by atoms with Gasteiger partial charge in [-0.25, -0.2) is 13.1 Å². The lowest BCUT2D eigenvalue weighted by Gasteiger charge is -2.14. The zero-order valence-electron chi connectivity index (χ0n) is 15.2. The molecule has 28 heavy (non-hydrogen) atoms. The first-order valence-corrected chi connectivity index (χ1v) is 11.3. The van der Waals surface area contributed by atoms with E-state index in [4.69, 9.17) is 0 Å². The Morgan fingerprint density at radius 2 is 1.96 bits per heavy atom. The summed E-state index contributed by atoms with van der Waals surface area (Å²) in [6.45, 7) is 0. The number of para-hydroxylation sites is 1. The van der Waals surface area contributed by atoms with Gasteiger partial charge in [-0.3, -0.25) is 9.78 Å². The first-order valence-electron chi connectivity index (χ1n) is 9.45. The highest BCUT2D eigenvalue weighted by Crippen LogP contribution is 2.41. The minimum absolute atomic E-state index is 0.0693. The second kappa shape index (κ2) is 6.41. The number of sulfone groups is 1. The number of anilines is 1. The zero-order valence-corrected chi connectivity index (χ0v) is 16.0. The molecule has 0 bridgehead atoms. The van der Waals surface area contributed by atoms with Crippen molar-refractivity contribution >= 4 is 32.5 Å². The molecule has 3 aromatic rings. The summed E-state index contributed by atoms with van der Waals surface area (Å²) in [7, 11) is -3.05. The smallest absolute Gasteiger partial charge is 0.257 e. The average Bonchev–Trinajstić information content (AvgIpc) is 3.36. The lowest BCUT2D eigenvalue weighted by molar-refractivity contribution is 0.102. The second-order valence-corrected chi connectivity index (χ2v) is 9.79. The molecule has 1 atom stereocenters. The zero-order chi connectivity index (χ0) is 19.3. The van der Waals surface area contributed by atoms with Crippen LogP contribution in [0.2, 0.25) is 0 Å². The van der Waals surface area contributed by atoms with E-state index in [-0.39, 0.29) is 23.5 Å². The van der Waals surface area contributed by atoms with E-state index in [0.29, 0.717) is 23.7 Å². The van der Waals surface area contributed by atoms with E-state index < -0.39 is 9.84 Å². The monoisotopic (exact) mass is 396 g/mol. The van der Waals surface area contributed by atoms with Crippen LogP contribution in [0.25, 0.3) is 10.9 Å². The van der Waals surface area contributed by atoms with Crippen LogP contribution in [0.1, 0.15) is 47.3 Å². The van der Waals surface area contributed by atoms with Gasteiger partial charge in [0.1, 0.15) is 5.82 Å². The van der Waals surface area contributed by atoms with Crippen LogP contribution in [0, 0.1) is 0 Å². The van der Waals surface area contributed by atoms with Crippen LogP contribution in [0.5, 0.6) is 0 Å². The quantitative estimate of drug-likeness (QED) is 0.732. The van der Waals surface area contributed by atoms with Crippen molar-refractivity contribution in [2.24, 2.45) is 0 Å². The van der Waals surface area contributed by atoms with Gasteiger partial charge >= 0.3 is 0 Å². The lowest BCUT2D eigenvalue weighted by Crippen LogP contribution is -2.19. The van der Waals surface area contributed by atoms with Crippen LogP contribution in [0.3, 0.4) is 0 Å². The summed E-state index contributed by atoms with van der Waals surface area (Å²) in [5.74, 6) is 0.966. The Morgan fingerprint density at radius 1 is 1.14 bits per heavy atom. The standard InChI is InChI=1S/C20H20N4O3S/c25-20(16-7-9-21-17-4-2-1-3-15(16)17)22-19-11-18(13-5-6-13)23-24(19)14-8-10-28(26,27)12-14/h1-4,7,9,11,13-14H,5-6,8,10,12H2,(H,22,25). The van der Waals surface area contributed by atoms with E-state index in [0.717, 1.165) is 29.4 Å². The molecular weight excluding hydrogens is 376 g/mol. The summed E-state index contributed by atoms with van der Waals surface area (Å²) < 4.78 is 25.6. The Labute approximate surface area is 162 Å². The SMILES string of the molecule is O=C(Nc1cc(C2CC2)nn1C1CCS(=O)(=O)C1)c1ccnc2ccccc12. The van der Waals surface area contributed by atoms with E-state index >= 15 is 0 Å². The van der Waals surface area contributed by atoms with Crippen LogP contribution in [-0.2, 0) is 9.84 Å². The molecule has 2 aromatic heterocycles. The number of pyridine rings is 1. The van der Waals surface area contributed by atoms with Gasteiger partial charge in [0, 0.05) is 23.6 Å². The minimum atomic E-state index is -3.05. The van der Waals surface area contributed by atoms with E-state index in [9.17, 15) is 13.2 Å². The molecular formula is C20H20N4O3S. The highest BCUT2D eigenvalue weighted by molar-refractivity contribution is 7.91. The molecule has 7 nitrogen and oxygen atoms in total. The number of carbonyl (C=O) groups is 1. The third kappa shape index (κ3) is 3.17. The molecule has 1 saturated heterocycles. The lowest BCUT2D eigenvalue weighted by atomic mass is 10.1. The molecule has 5 rings (SSSR count). The van der Waals surface area contributed by atoms with E-state index in [1.165, 1.54) is 0 Å². The Morgan fingerprint density at radius 3 is 2.71 bits per heavy atom. The Bertz CT molecular complexity index is 1180. The van der Waals surface area contributed by atoms with Crippen LogP contribution < -0.4 is 5.32 Å². The maximum absolute atomic E-state index is 13.0. The largest absolute Gasteiger partial charge is 0.307 e. The molecule has 0 spiro atoms. The number of hydrogen-bond donors (Lipinski definition) is 1. The van der Waals surface area contributed by atoms with Crippen LogP contribution in [0.4, 0.5) is 5.82 Å². The second-order valence-electron chi connectivity index (χ2n) is 7.56. The van der Waals surface area contributed by atoms with Gasteiger partial charge < -0.3 is 5.32 Å². The normalized spacial score (nSPS) is 21.1. The number of carbonyl (C=O) groups excluding carboxylic acids is 1. The molecule has 2 aliphatic rings. The number of nitrogens with one attached hydrogen (secondary N) is 1. The highest BCUT2D eigenvalue weighted by atomic mass is 32.2. The van der Waals surface area contributed by atoms with Crippen molar-refractivity contribution in [1.82, 2.24) is 14.8 Å². The predicted molar refractivity (Wildman–Crippen MR) is 106 cm³/mol. The Kier molecular flexibility index (Phi) is 3.97. The van der Waals surface area contributed by atoms with Gasteiger partial charge in [0.15, 0.2) is 9.84 Å². The number of nitrogens with zero attached hydrogens (tertiary/aromatic N) is 3. The molecule has 2 fully saturated rings. The fourth-order valence-electron chi connectivity index (χ4n) is 3.81. The van der Waals surface area contributed by atoms with Crippen LogP contribution in [-0.4, -0.2) is 40.6 Å². The fraction of sp³-hybridized carbons (Fsp3) is 0.350. The van der Waals surface area contributed by atoms with E-state index in [1.807, 2.05) is 30.3 Å². The van der Waals surface area contributed by atoms with Gasteiger partial charge in [0.2, 0.25) is 0 Å². The number of rotatable bonds is 4. The third-order valence-corrected chi connectivity index (χ3v) is 7.19. The molecule has 144 valence electrons. The third-order valence-electron chi connectivity index (χ3n) is 5.44. The summed E-state index contributed by atoms with van der Waals surface area (Å²) >= 11 is 0. The summed E-state index contributed by atoms with van der Waals surface area (Å²) in [5.41, 5.74) is 2.22. The van der Waals surface area contributed by atoms with E-state index in [1.54, 1.807) is 16.9 Å². The van der Waals surface area contributed by atoms with Crippen LogP contribution >= 0.6 is 0 Å². The summed E-state index contributed by atoms with van der Waals surface area (Å²) in [6.07, 6.45) is 4.31. The van der Waals surface area contributed by atoms with Gasteiger partial charge in [-0.1, -0.05) is 18.2 Å². The maximum Gasteiger partial charge on any atom is 0.257 e. The topological polar surface area (TPSA) is 94.0 Å². The molecule has 8 heteroatoms. The Hall–Kier alpha value is -2.74. The Balaban J connectivity index is 1.49. The molecule has 1 unspecified atom stereocenters. The molecule has 1 aromatic carbocycles. The van der Waals surface area contributed by atoms with Crippen molar-refractivity contribution in [2.75, 3.05) is 16.8 Å². The van der Waals surface area contributed by atoms with Gasteiger partial charge in [-0.05, 0) is 31.4 Å². The van der Waals surface area contributed by atoms with Crippen LogP contribution in [0.15, 0.2) is 42.6 Å². The van der Waals surface area contributed by atoms with Crippen molar-refractivity contribution in [2.45, 2.75) is 31.2 Å². The average molecular weight is 396 g/mol. The molecule has 1 aliphatic carbocycles. The van der Waals surface area contributed by atoms with Crippen molar-refractivity contribution in [3.05, 3.63) is 53.9 Å². The number of amides is 1. The van der Waals surface area contributed by atoms with Gasteiger partial charge in [-0.2, -0.15) is 5.10 Å². The van der Waals surface area contributed by atoms with Crippen molar-refractivity contribution in [3.63, 3.8) is 0 Å². The highest BCUT2D eigenvalue weighted by Gasteiger charge is 2.34. The minimum Gasteiger partial charge on any atom is -0.307 e. The first kappa shape index (κ1) is 17.4. The number of hydrogen-bond acceptors (Lipinski definition) is 5. The fourth-order valence-corrected chi connectivity index (χ4v) is 5.50. The first-order chi connectivity index (χ1) is 13.5. The molecule has 1 aliphatic heterocycles. The summed E-state index contributed by atoms with van der Waals surface area (Å²) in [5, 5.41) is 8.40. The molecule has 3 heterocycles. The summed E-state index contributed by atoms with van der Waals surface area (Å²) in [4.78, 5) is 17.3. The molecule has 1 N–H and O–H groups in total.